The molecular formula is C7H12FNOS. The van der Waals surface area contributed by atoms with E-state index in [4.69, 9.17) is 0 Å². The largest absolute Gasteiger partial charge is 0.234 e. The zero-order valence-corrected chi connectivity index (χ0v) is 7.74. The highest BCUT2D eigenvalue weighted by Gasteiger charge is 2.17. The summed E-state index contributed by atoms with van der Waals surface area (Å²) in [6.45, 7) is 8.25. The fourth-order valence-corrected chi connectivity index (χ4v) is 0.790. The molecule has 64 valence electrons. The smallest absolute Gasteiger partial charge is 0.144 e. The van der Waals surface area contributed by atoms with Gasteiger partial charge in [-0.25, -0.2) is 8.60 Å². The third kappa shape index (κ3) is 4.84. The Morgan fingerprint density at radius 3 is 2.36 bits per heavy atom. The van der Waals surface area contributed by atoms with E-state index in [0.29, 0.717) is 0 Å². The molecule has 0 radical (unpaired) electrons. The van der Waals surface area contributed by atoms with Crippen LogP contribution < -0.4 is 0 Å². The van der Waals surface area contributed by atoms with Crippen LogP contribution >= 0.6 is 0 Å². The maximum Gasteiger partial charge on any atom is 0.144 e. The van der Waals surface area contributed by atoms with Crippen LogP contribution in [0.5, 0.6) is 0 Å². The molecule has 11 heavy (non-hydrogen) atoms. The minimum atomic E-state index is -1.39. The standard InChI is InChI=1S/C7H12FNOS/c1-6(8)5-9-11(10)7(2,3)4/h5H,1H2,2-4H3/t11-/m0/s1. The predicted molar refractivity (Wildman–Crippen MR) is 46.6 cm³/mol. The van der Waals surface area contributed by atoms with Crippen LogP contribution in [0.1, 0.15) is 20.8 Å². The first-order valence-corrected chi connectivity index (χ1v) is 4.25. The van der Waals surface area contributed by atoms with Crippen molar-refractivity contribution in [3.05, 3.63) is 12.4 Å². The highest BCUT2D eigenvalue weighted by Crippen LogP contribution is 2.11. The molecule has 0 amide bonds. The molecule has 0 aromatic rings. The van der Waals surface area contributed by atoms with Gasteiger partial charge in [-0.3, -0.25) is 0 Å². The molecule has 0 fully saturated rings. The van der Waals surface area contributed by atoms with Crippen LogP contribution in [0.15, 0.2) is 16.8 Å². The van der Waals surface area contributed by atoms with E-state index < -0.39 is 21.6 Å². The summed E-state index contributed by atoms with van der Waals surface area (Å²) in [5.41, 5.74) is 0. The first kappa shape index (κ1) is 10.5. The molecule has 0 aromatic carbocycles. The minimum Gasteiger partial charge on any atom is -0.234 e. The van der Waals surface area contributed by atoms with E-state index in [1.165, 1.54) is 0 Å². The van der Waals surface area contributed by atoms with Gasteiger partial charge >= 0.3 is 0 Å². The second-order valence-electron chi connectivity index (χ2n) is 3.04. The van der Waals surface area contributed by atoms with Crippen molar-refractivity contribution < 1.29 is 8.60 Å². The monoisotopic (exact) mass is 177 g/mol. The van der Waals surface area contributed by atoms with Crippen LogP contribution in [0.3, 0.4) is 0 Å². The zero-order chi connectivity index (χ0) is 9.07. The second-order valence-corrected chi connectivity index (χ2v) is 4.98. The quantitative estimate of drug-likeness (QED) is 0.593. The zero-order valence-electron chi connectivity index (χ0n) is 6.93. The van der Waals surface area contributed by atoms with Crippen LogP contribution in [0.2, 0.25) is 0 Å². The number of rotatable bonds is 2. The molecule has 0 bridgehead atoms. The molecule has 0 aliphatic heterocycles. The van der Waals surface area contributed by atoms with Gasteiger partial charge in [0, 0.05) is 0 Å². The molecule has 0 rings (SSSR count). The minimum absolute atomic E-state index is 0.439. The summed E-state index contributed by atoms with van der Waals surface area (Å²) in [6, 6.07) is 0. The summed E-state index contributed by atoms with van der Waals surface area (Å²) in [5.74, 6) is -0.678. The van der Waals surface area contributed by atoms with E-state index in [0.717, 1.165) is 6.21 Å². The Kier molecular flexibility index (Phi) is 3.58. The van der Waals surface area contributed by atoms with E-state index in [2.05, 4.69) is 11.0 Å². The Labute approximate surface area is 68.8 Å². The van der Waals surface area contributed by atoms with E-state index in [-0.39, 0.29) is 0 Å². The van der Waals surface area contributed by atoms with Crippen molar-refractivity contribution in [1.29, 1.82) is 0 Å². The maximum absolute atomic E-state index is 12.0. The molecular weight excluding hydrogens is 165 g/mol. The maximum atomic E-state index is 12.0. The lowest BCUT2D eigenvalue weighted by Crippen LogP contribution is -2.19. The molecule has 0 heterocycles. The normalized spacial score (nSPS) is 15.3. The lowest BCUT2D eigenvalue weighted by atomic mass is 10.3. The number of hydrogen-bond acceptors (Lipinski definition) is 1. The number of halogens is 1. The van der Waals surface area contributed by atoms with Gasteiger partial charge in [-0.2, -0.15) is 4.40 Å². The van der Waals surface area contributed by atoms with Crippen molar-refractivity contribution in [3.63, 3.8) is 0 Å². The summed E-state index contributed by atoms with van der Waals surface area (Å²) in [6.07, 6.45) is 0.876. The molecule has 0 saturated carbocycles. The van der Waals surface area contributed by atoms with Gasteiger partial charge in [-0.15, -0.1) is 0 Å². The molecule has 0 N–H and O–H groups in total. The Hall–Kier alpha value is -0.510. The number of allylic oxidation sites excluding steroid dienone is 1. The van der Waals surface area contributed by atoms with Crippen molar-refractivity contribution in [2.45, 2.75) is 25.5 Å². The van der Waals surface area contributed by atoms with E-state index >= 15 is 0 Å². The first-order chi connectivity index (χ1) is 4.84. The van der Waals surface area contributed by atoms with Crippen LogP contribution in [0, 0.1) is 0 Å². The van der Waals surface area contributed by atoms with Crippen LogP contribution in [-0.2, 0) is 11.0 Å². The van der Waals surface area contributed by atoms with Gasteiger partial charge in [0.05, 0.1) is 11.0 Å². The topological polar surface area (TPSA) is 29.4 Å². The lowest BCUT2D eigenvalue weighted by Gasteiger charge is -2.12. The molecule has 0 aliphatic rings. The molecule has 0 unspecified atom stereocenters. The van der Waals surface area contributed by atoms with Crippen molar-refractivity contribution >= 4 is 17.2 Å². The molecule has 2 nitrogen and oxygen atoms in total. The molecule has 0 aliphatic carbocycles. The number of hydrogen-bond donors (Lipinski definition) is 0. The summed E-state index contributed by atoms with van der Waals surface area (Å²) in [7, 11) is -1.39. The van der Waals surface area contributed by atoms with Gasteiger partial charge in [-0.05, 0) is 20.8 Å². The van der Waals surface area contributed by atoms with Crippen molar-refractivity contribution in [1.82, 2.24) is 0 Å². The van der Waals surface area contributed by atoms with Gasteiger partial charge in [-0.1, -0.05) is 6.58 Å². The molecule has 4 heteroatoms. The Morgan fingerprint density at radius 2 is 2.09 bits per heavy atom. The summed E-state index contributed by atoms with van der Waals surface area (Å²) in [5, 5.41) is 0. The highest BCUT2D eigenvalue weighted by molar-refractivity contribution is 7.85. The lowest BCUT2D eigenvalue weighted by molar-refractivity contribution is 0.650. The van der Waals surface area contributed by atoms with Gasteiger partial charge in [0.15, 0.2) is 0 Å². The average Bonchev–Trinajstić information content (AvgIpc) is 1.80. The summed E-state index contributed by atoms with van der Waals surface area (Å²) in [4.78, 5) is 0. The Morgan fingerprint density at radius 1 is 1.64 bits per heavy atom. The summed E-state index contributed by atoms with van der Waals surface area (Å²) < 4.78 is 26.1. The molecule has 0 spiro atoms. The van der Waals surface area contributed by atoms with Crippen LogP contribution in [0.25, 0.3) is 0 Å². The van der Waals surface area contributed by atoms with Crippen LogP contribution in [0.4, 0.5) is 4.39 Å². The van der Waals surface area contributed by atoms with E-state index in [1.807, 2.05) is 0 Å². The molecule has 0 aromatic heterocycles. The van der Waals surface area contributed by atoms with Gasteiger partial charge in [0.2, 0.25) is 0 Å². The van der Waals surface area contributed by atoms with Crippen molar-refractivity contribution in [2.75, 3.05) is 0 Å². The third-order valence-electron chi connectivity index (χ3n) is 0.812. The SMILES string of the molecule is C=C(F)C=N[S@@](=O)C(C)(C)C. The van der Waals surface area contributed by atoms with E-state index in [9.17, 15) is 8.60 Å². The van der Waals surface area contributed by atoms with Crippen molar-refractivity contribution in [2.24, 2.45) is 4.40 Å². The van der Waals surface area contributed by atoms with Crippen molar-refractivity contribution in [3.8, 4) is 0 Å². The van der Waals surface area contributed by atoms with Gasteiger partial charge < -0.3 is 0 Å². The average molecular weight is 177 g/mol. The highest BCUT2D eigenvalue weighted by atomic mass is 32.2. The second kappa shape index (κ2) is 3.76. The first-order valence-electron chi connectivity index (χ1n) is 3.14. The van der Waals surface area contributed by atoms with E-state index in [1.54, 1.807) is 20.8 Å². The van der Waals surface area contributed by atoms with Gasteiger partial charge in [0.25, 0.3) is 0 Å². The Bertz CT molecular complexity index is 205. The summed E-state index contributed by atoms with van der Waals surface area (Å²) >= 11 is 0. The fourth-order valence-electron chi connectivity index (χ4n) is 0.263. The van der Waals surface area contributed by atoms with Crippen LogP contribution in [-0.4, -0.2) is 15.2 Å². The Balaban J connectivity index is 4.20. The van der Waals surface area contributed by atoms with Gasteiger partial charge in [0.1, 0.15) is 16.8 Å². The predicted octanol–water partition coefficient (Wildman–Crippen LogP) is 2.00. The fraction of sp³-hybridized carbons (Fsp3) is 0.571. The third-order valence-corrected chi connectivity index (χ3v) is 2.16. The molecule has 1 atom stereocenters. The number of nitrogens with zero attached hydrogens (tertiary/aromatic N) is 1. The molecule has 0 saturated heterocycles.